The van der Waals surface area contributed by atoms with Crippen molar-refractivity contribution in [1.82, 2.24) is 15.1 Å². The van der Waals surface area contributed by atoms with E-state index in [2.05, 4.69) is 41.7 Å². The Kier molecular flexibility index (Phi) is 9.33. The molecule has 2 aliphatic heterocycles. The maximum absolute atomic E-state index is 14.0. The SMILES string of the molecule is CC(=O)N1CC2CC(c3ccc(CCOc4ccc(Cl)c(Cl)c4)cc3)=C(C(=O)N(C)CCc3ccccc3)C(C1)N2. The summed E-state index contributed by atoms with van der Waals surface area (Å²) >= 11 is 12.1. The summed E-state index contributed by atoms with van der Waals surface area (Å²) in [5.74, 6) is 0.736. The largest absolute Gasteiger partial charge is 0.493 e. The number of piperazine rings is 1. The molecule has 0 aliphatic carbocycles. The molecule has 2 amide bonds. The predicted molar refractivity (Wildman–Crippen MR) is 164 cm³/mol. The van der Waals surface area contributed by atoms with E-state index in [0.29, 0.717) is 48.5 Å². The van der Waals surface area contributed by atoms with Crippen molar-refractivity contribution in [1.29, 1.82) is 0 Å². The van der Waals surface area contributed by atoms with E-state index in [1.807, 2.05) is 35.0 Å². The van der Waals surface area contributed by atoms with E-state index < -0.39 is 0 Å². The lowest BCUT2D eigenvalue weighted by Crippen LogP contribution is -2.61. The second-order valence-electron chi connectivity index (χ2n) is 10.8. The molecule has 0 spiro atoms. The van der Waals surface area contributed by atoms with Crippen molar-refractivity contribution in [3.63, 3.8) is 0 Å². The number of ether oxygens (including phenoxy) is 1. The minimum absolute atomic E-state index is 0.0105. The predicted octanol–water partition coefficient (Wildman–Crippen LogP) is 5.66. The van der Waals surface area contributed by atoms with Crippen molar-refractivity contribution >= 4 is 40.6 Å². The van der Waals surface area contributed by atoms with Crippen LogP contribution in [0, 0.1) is 0 Å². The zero-order valence-corrected chi connectivity index (χ0v) is 24.9. The summed E-state index contributed by atoms with van der Waals surface area (Å²) in [5.41, 5.74) is 5.21. The second kappa shape index (κ2) is 13.1. The summed E-state index contributed by atoms with van der Waals surface area (Å²) < 4.78 is 5.86. The fraction of sp³-hybridized carbons (Fsp3) is 0.333. The van der Waals surface area contributed by atoms with Crippen LogP contribution in [0.15, 0.2) is 78.4 Å². The molecule has 1 N–H and O–H groups in total. The lowest BCUT2D eigenvalue weighted by atomic mass is 9.82. The molecule has 0 aromatic heterocycles. The summed E-state index contributed by atoms with van der Waals surface area (Å²) in [5, 5.41) is 4.59. The number of nitrogens with one attached hydrogen (secondary N) is 1. The molecule has 1 saturated heterocycles. The van der Waals surface area contributed by atoms with Crippen LogP contribution in [0.25, 0.3) is 5.57 Å². The van der Waals surface area contributed by atoms with Crippen LogP contribution in [0.3, 0.4) is 0 Å². The van der Waals surface area contributed by atoms with Crippen LogP contribution in [-0.4, -0.2) is 67.0 Å². The van der Waals surface area contributed by atoms with Crippen LogP contribution < -0.4 is 10.1 Å². The molecular weight excluding hydrogens is 557 g/mol. The molecule has 2 atom stereocenters. The van der Waals surface area contributed by atoms with Crippen molar-refractivity contribution in [3.05, 3.63) is 105 Å². The Balaban J connectivity index is 1.33. The van der Waals surface area contributed by atoms with Gasteiger partial charge in [0, 0.05) is 57.7 Å². The van der Waals surface area contributed by atoms with Crippen molar-refractivity contribution in [3.8, 4) is 5.75 Å². The maximum atomic E-state index is 14.0. The Morgan fingerprint density at radius 3 is 2.39 bits per heavy atom. The highest BCUT2D eigenvalue weighted by atomic mass is 35.5. The van der Waals surface area contributed by atoms with E-state index in [-0.39, 0.29) is 23.9 Å². The molecule has 2 heterocycles. The topological polar surface area (TPSA) is 61.9 Å². The van der Waals surface area contributed by atoms with Gasteiger partial charge in [0.1, 0.15) is 5.75 Å². The Hall–Kier alpha value is -3.32. The number of likely N-dealkylation sites (N-methyl/N-ethyl adjacent to an activating group) is 1. The highest BCUT2D eigenvalue weighted by Crippen LogP contribution is 2.34. The van der Waals surface area contributed by atoms with Crippen LogP contribution in [0.1, 0.15) is 30.0 Å². The summed E-state index contributed by atoms with van der Waals surface area (Å²) in [7, 11) is 1.87. The number of hydrogen-bond acceptors (Lipinski definition) is 4. The quantitative estimate of drug-likeness (QED) is 0.349. The van der Waals surface area contributed by atoms with Crippen molar-refractivity contribution in [2.75, 3.05) is 33.3 Å². The molecule has 1 fully saturated rings. The first-order valence-corrected chi connectivity index (χ1v) is 14.7. The van der Waals surface area contributed by atoms with Crippen molar-refractivity contribution in [2.24, 2.45) is 0 Å². The molecular formula is C33H35Cl2N3O3. The van der Waals surface area contributed by atoms with Gasteiger partial charge in [-0.2, -0.15) is 0 Å². The third-order valence-electron chi connectivity index (χ3n) is 7.86. The lowest BCUT2D eigenvalue weighted by molar-refractivity contribution is -0.132. The highest BCUT2D eigenvalue weighted by Gasteiger charge is 2.39. The fourth-order valence-electron chi connectivity index (χ4n) is 5.60. The van der Waals surface area contributed by atoms with Gasteiger partial charge in [-0.15, -0.1) is 0 Å². The number of carbonyl (C=O) groups is 2. The molecule has 3 aromatic rings. The first kappa shape index (κ1) is 29.2. The number of hydrogen-bond donors (Lipinski definition) is 1. The van der Waals surface area contributed by atoms with E-state index >= 15 is 0 Å². The molecule has 8 heteroatoms. The van der Waals surface area contributed by atoms with E-state index in [1.165, 1.54) is 5.56 Å². The Labute approximate surface area is 251 Å². The van der Waals surface area contributed by atoms with E-state index in [1.54, 1.807) is 25.1 Å². The molecule has 2 unspecified atom stereocenters. The van der Waals surface area contributed by atoms with Crippen molar-refractivity contribution in [2.45, 2.75) is 38.3 Å². The van der Waals surface area contributed by atoms with Gasteiger partial charge in [0.05, 0.1) is 22.7 Å². The molecule has 2 bridgehead atoms. The monoisotopic (exact) mass is 591 g/mol. The molecule has 5 rings (SSSR count). The summed E-state index contributed by atoms with van der Waals surface area (Å²) in [4.78, 5) is 29.9. The minimum atomic E-state index is -0.202. The number of benzene rings is 3. The van der Waals surface area contributed by atoms with E-state index in [0.717, 1.165) is 35.1 Å². The number of halogens is 2. The zero-order valence-electron chi connectivity index (χ0n) is 23.4. The molecule has 214 valence electrons. The van der Waals surface area contributed by atoms with Gasteiger partial charge in [-0.05, 0) is 47.2 Å². The molecule has 3 aromatic carbocycles. The molecule has 6 nitrogen and oxygen atoms in total. The van der Waals surface area contributed by atoms with Gasteiger partial charge in [0.2, 0.25) is 5.91 Å². The van der Waals surface area contributed by atoms with Gasteiger partial charge in [-0.1, -0.05) is 77.8 Å². The number of carbonyl (C=O) groups excluding carboxylic acids is 2. The van der Waals surface area contributed by atoms with Crippen molar-refractivity contribution < 1.29 is 14.3 Å². The molecule has 0 radical (unpaired) electrons. The second-order valence-corrected chi connectivity index (χ2v) is 11.6. The number of amides is 2. The molecule has 0 saturated carbocycles. The number of fused-ring (bicyclic) bond motifs is 2. The number of nitrogens with zero attached hydrogens (tertiary/aromatic N) is 2. The summed E-state index contributed by atoms with van der Waals surface area (Å²) in [6, 6.07) is 23.8. The maximum Gasteiger partial charge on any atom is 0.251 e. The Bertz CT molecular complexity index is 1430. The van der Waals surface area contributed by atoms with Gasteiger partial charge in [-0.25, -0.2) is 0 Å². The lowest BCUT2D eigenvalue weighted by Gasteiger charge is -2.44. The van der Waals surface area contributed by atoms with Gasteiger partial charge in [0.15, 0.2) is 0 Å². The first-order chi connectivity index (χ1) is 19.8. The summed E-state index contributed by atoms with van der Waals surface area (Å²) in [6.07, 6.45) is 2.20. The highest BCUT2D eigenvalue weighted by molar-refractivity contribution is 6.42. The molecule has 2 aliphatic rings. The standard InChI is InChI=1S/C33H35Cl2N3O3/c1-22(39)38-20-26-18-28(25-10-8-24(9-11-25)15-17-41-27-12-13-29(34)30(35)19-27)32(31(21-38)36-26)33(40)37(2)16-14-23-6-4-3-5-7-23/h3-13,19,26,31,36H,14-18,20-21H2,1-2H3. The van der Waals surface area contributed by atoms with E-state index in [4.69, 9.17) is 27.9 Å². The van der Waals surface area contributed by atoms with E-state index in [9.17, 15) is 9.59 Å². The normalized spacial score (nSPS) is 18.3. The first-order valence-electron chi connectivity index (χ1n) is 14.0. The van der Waals surface area contributed by atoms with Gasteiger partial charge in [0.25, 0.3) is 5.91 Å². The number of rotatable bonds is 9. The average molecular weight is 593 g/mol. The summed E-state index contributed by atoms with van der Waals surface area (Å²) in [6.45, 7) is 3.86. The zero-order chi connectivity index (χ0) is 28.9. The molecule has 41 heavy (non-hydrogen) atoms. The van der Waals surface area contributed by atoms with Gasteiger partial charge in [-0.3, -0.25) is 9.59 Å². The minimum Gasteiger partial charge on any atom is -0.493 e. The van der Waals surface area contributed by atoms with Crippen LogP contribution in [-0.2, 0) is 22.4 Å². The van der Waals surface area contributed by atoms with Gasteiger partial charge >= 0.3 is 0 Å². The third kappa shape index (κ3) is 7.13. The Morgan fingerprint density at radius 1 is 0.951 bits per heavy atom. The Morgan fingerprint density at radius 2 is 1.68 bits per heavy atom. The van der Waals surface area contributed by atoms with Gasteiger partial charge < -0.3 is 19.9 Å². The van der Waals surface area contributed by atoms with Crippen LogP contribution in [0.2, 0.25) is 10.0 Å². The smallest absolute Gasteiger partial charge is 0.251 e. The van der Waals surface area contributed by atoms with Crippen LogP contribution in [0.5, 0.6) is 5.75 Å². The van der Waals surface area contributed by atoms with Crippen LogP contribution in [0.4, 0.5) is 0 Å². The van der Waals surface area contributed by atoms with Crippen LogP contribution >= 0.6 is 23.2 Å². The average Bonchev–Trinajstić information content (AvgIpc) is 2.98. The third-order valence-corrected chi connectivity index (χ3v) is 8.60. The fourth-order valence-corrected chi connectivity index (χ4v) is 5.89.